The first-order valence-corrected chi connectivity index (χ1v) is 8.27. The lowest BCUT2D eigenvalue weighted by Gasteiger charge is -2.14. The number of fused-ring (bicyclic) bond motifs is 1. The van der Waals surface area contributed by atoms with Gasteiger partial charge in [0.25, 0.3) is 0 Å². The molecule has 0 saturated heterocycles. The van der Waals surface area contributed by atoms with Crippen molar-refractivity contribution in [2.24, 2.45) is 0 Å². The third-order valence-electron chi connectivity index (χ3n) is 4.32. The van der Waals surface area contributed by atoms with E-state index in [-0.39, 0.29) is 12.2 Å². The standard InChI is InChI=1S/C20H20O5/c1-24-15-7-4-13(5-8-15)17-11-14-6-9-18(21)16(14)12-19(17)25-10-2-3-20(22)23/h4-5,7-8,11-12H,2-3,6,9-10H2,1H3,(H,22,23). The van der Waals surface area contributed by atoms with E-state index in [2.05, 4.69) is 0 Å². The maximum atomic E-state index is 12.0. The van der Waals surface area contributed by atoms with E-state index in [1.165, 1.54) is 0 Å². The fraction of sp³-hybridized carbons (Fsp3) is 0.300. The number of carbonyl (C=O) groups is 2. The molecule has 1 N–H and O–H groups in total. The molecule has 1 aliphatic rings. The molecule has 2 aromatic rings. The smallest absolute Gasteiger partial charge is 0.303 e. The molecule has 25 heavy (non-hydrogen) atoms. The van der Waals surface area contributed by atoms with Gasteiger partial charge in [0.05, 0.1) is 13.7 Å². The van der Waals surface area contributed by atoms with E-state index in [0.29, 0.717) is 30.8 Å². The molecule has 2 aromatic carbocycles. The van der Waals surface area contributed by atoms with Gasteiger partial charge in [-0.3, -0.25) is 9.59 Å². The first-order valence-electron chi connectivity index (χ1n) is 8.27. The van der Waals surface area contributed by atoms with E-state index in [1.807, 2.05) is 30.3 Å². The number of hydrogen-bond acceptors (Lipinski definition) is 4. The van der Waals surface area contributed by atoms with E-state index < -0.39 is 5.97 Å². The highest BCUT2D eigenvalue weighted by molar-refractivity contribution is 6.01. The van der Waals surface area contributed by atoms with Crippen LogP contribution in [0.1, 0.15) is 35.2 Å². The van der Waals surface area contributed by atoms with Crippen LogP contribution in [0.2, 0.25) is 0 Å². The highest BCUT2D eigenvalue weighted by Gasteiger charge is 2.22. The molecule has 0 aliphatic heterocycles. The lowest BCUT2D eigenvalue weighted by molar-refractivity contribution is -0.137. The van der Waals surface area contributed by atoms with E-state index in [4.69, 9.17) is 14.6 Å². The number of ether oxygens (including phenoxy) is 2. The van der Waals surface area contributed by atoms with Crippen LogP contribution < -0.4 is 9.47 Å². The number of Topliss-reactive ketones (excluding diaryl/α,β-unsaturated/α-hetero) is 1. The number of rotatable bonds is 7. The van der Waals surface area contributed by atoms with Gasteiger partial charge < -0.3 is 14.6 Å². The molecule has 0 saturated carbocycles. The second-order valence-electron chi connectivity index (χ2n) is 6.00. The number of ketones is 1. The van der Waals surface area contributed by atoms with E-state index in [0.717, 1.165) is 28.9 Å². The Morgan fingerprint density at radius 1 is 1.12 bits per heavy atom. The zero-order valence-corrected chi connectivity index (χ0v) is 14.1. The molecule has 5 nitrogen and oxygen atoms in total. The number of benzene rings is 2. The maximum absolute atomic E-state index is 12.0. The van der Waals surface area contributed by atoms with Crippen molar-refractivity contribution in [3.05, 3.63) is 47.5 Å². The van der Waals surface area contributed by atoms with Gasteiger partial charge in [-0.25, -0.2) is 0 Å². The van der Waals surface area contributed by atoms with Crippen molar-refractivity contribution in [3.63, 3.8) is 0 Å². The van der Waals surface area contributed by atoms with Crippen LogP contribution in [0.25, 0.3) is 11.1 Å². The van der Waals surface area contributed by atoms with Crippen LogP contribution in [0.15, 0.2) is 36.4 Å². The molecule has 1 aliphatic carbocycles. The van der Waals surface area contributed by atoms with Gasteiger partial charge in [-0.15, -0.1) is 0 Å². The largest absolute Gasteiger partial charge is 0.497 e. The first kappa shape index (κ1) is 17.0. The second kappa shape index (κ2) is 7.38. The lowest BCUT2D eigenvalue weighted by atomic mass is 9.99. The van der Waals surface area contributed by atoms with E-state index in [1.54, 1.807) is 13.2 Å². The zero-order valence-electron chi connectivity index (χ0n) is 14.1. The van der Waals surface area contributed by atoms with Gasteiger partial charge in [0.1, 0.15) is 11.5 Å². The number of carboxylic acid groups (broad SMARTS) is 1. The predicted molar refractivity (Wildman–Crippen MR) is 93.4 cm³/mol. The van der Waals surface area contributed by atoms with Gasteiger partial charge >= 0.3 is 5.97 Å². The first-order chi connectivity index (χ1) is 12.1. The second-order valence-corrected chi connectivity index (χ2v) is 6.00. The molecule has 0 spiro atoms. The summed E-state index contributed by atoms with van der Waals surface area (Å²) >= 11 is 0. The minimum absolute atomic E-state index is 0.0573. The van der Waals surface area contributed by atoms with Crippen LogP contribution in [-0.4, -0.2) is 30.6 Å². The normalized spacial score (nSPS) is 12.8. The number of carboxylic acids is 1. The van der Waals surface area contributed by atoms with Crippen LogP contribution in [0.5, 0.6) is 11.5 Å². The number of carbonyl (C=O) groups excluding carboxylic acids is 1. The number of methoxy groups -OCH3 is 1. The van der Waals surface area contributed by atoms with Gasteiger partial charge in [-0.05, 0) is 48.2 Å². The summed E-state index contributed by atoms with van der Waals surface area (Å²) in [6.07, 6.45) is 1.75. The van der Waals surface area contributed by atoms with Crippen LogP contribution in [0.3, 0.4) is 0 Å². The SMILES string of the molecule is COc1ccc(-c2cc3c(cc2OCCCC(=O)O)C(=O)CC3)cc1. The van der Waals surface area contributed by atoms with Crippen molar-refractivity contribution in [2.45, 2.75) is 25.7 Å². The number of aliphatic carboxylic acids is 1. The summed E-state index contributed by atoms with van der Waals surface area (Å²) in [6.45, 7) is 0.294. The maximum Gasteiger partial charge on any atom is 0.303 e. The average molecular weight is 340 g/mol. The highest BCUT2D eigenvalue weighted by Crippen LogP contribution is 2.37. The predicted octanol–water partition coefficient (Wildman–Crippen LogP) is 3.73. The fourth-order valence-corrected chi connectivity index (χ4v) is 3.00. The minimum atomic E-state index is -0.844. The topological polar surface area (TPSA) is 72.8 Å². The van der Waals surface area contributed by atoms with Crippen molar-refractivity contribution < 1.29 is 24.2 Å². The van der Waals surface area contributed by atoms with Gasteiger partial charge in [-0.2, -0.15) is 0 Å². The fourth-order valence-electron chi connectivity index (χ4n) is 3.00. The Balaban J connectivity index is 1.91. The third-order valence-corrected chi connectivity index (χ3v) is 4.32. The van der Waals surface area contributed by atoms with Gasteiger partial charge in [-0.1, -0.05) is 12.1 Å². The molecule has 0 atom stereocenters. The molecule has 3 rings (SSSR count). The summed E-state index contributed by atoms with van der Waals surface area (Å²) < 4.78 is 11.0. The zero-order chi connectivity index (χ0) is 17.8. The molecular weight excluding hydrogens is 320 g/mol. The summed E-state index contributed by atoms with van der Waals surface area (Å²) in [4.78, 5) is 22.7. The monoisotopic (exact) mass is 340 g/mol. The molecule has 0 bridgehead atoms. The molecule has 0 heterocycles. The molecule has 0 radical (unpaired) electrons. The third kappa shape index (κ3) is 3.82. The van der Waals surface area contributed by atoms with Gasteiger partial charge in [0.2, 0.25) is 0 Å². The minimum Gasteiger partial charge on any atom is -0.497 e. The Morgan fingerprint density at radius 3 is 2.56 bits per heavy atom. The van der Waals surface area contributed by atoms with Crippen LogP contribution in [0, 0.1) is 0 Å². The quantitative estimate of drug-likeness (QED) is 0.778. The van der Waals surface area contributed by atoms with Crippen LogP contribution >= 0.6 is 0 Å². The van der Waals surface area contributed by atoms with Crippen LogP contribution in [0.4, 0.5) is 0 Å². The van der Waals surface area contributed by atoms with Crippen molar-refractivity contribution in [3.8, 4) is 22.6 Å². The van der Waals surface area contributed by atoms with Crippen molar-refractivity contribution in [2.75, 3.05) is 13.7 Å². The number of hydrogen-bond donors (Lipinski definition) is 1. The molecular formula is C20H20O5. The molecule has 130 valence electrons. The van der Waals surface area contributed by atoms with Crippen molar-refractivity contribution in [1.29, 1.82) is 0 Å². The lowest BCUT2D eigenvalue weighted by Crippen LogP contribution is -2.04. The molecule has 0 unspecified atom stereocenters. The Hall–Kier alpha value is -2.82. The summed E-state index contributed by atoms with van der Waals surface area (Å²) in [6, 6.07) is 11.5. The molecule has 5 heteroatoms. The Morgan fingerprint density at radius 2 is 1.88 bits per heavy atom. The van der Waals surface area contributed by atoms with Gasteiger partial charge in [0, 0.05) is 24.0 Å². The summed E-state index contributed by atoms with van der Waals surface area (Å²) in [5.41, 5.74) is 3.63. The van der Waals surface area contributed by atoms with E-state index >= 15 is 0 Å². The summed E-state index contributed by atoms with van der Waals surface area (Å²) in [7, 11) is 1.62. The Kier molecular flexibility index (Phi) is 5.03. The van der Waals surface area contributed by atoms with E-state index in [9.17, 15) is 9.59 Å². The molecule has 0 amide bonds. The van der Waals surface area contributed by atoms with Crippen LogP contribution in [-0.2, 0) is 11.2 Å². The number of aryl methyl sites for hydroxylation is 1. The Bertz CT molecular complexity index is 792. The average Bonchev–Trinajstić information content (AvgIpc) is 2.98. The Labute approximate surface area is 146 Å². The summed E-state index contributed by atoms with van der Waals surface area (Å²) in [5.74, 6) is 0.670. The molecule has 0 aromatic heterocycles. The molecule has 0 fully saturated rings. The highest BCUT2D eigenvalue weighted by atomic mass is 16.5. The van der Waals surface area contributed by atoms with Crippen molar-refractivity contribution in [1.82, 2.24) is 0 Å². The summed E-state index contributed by atoms with van der Waals surface area (Å²) in [5, 5.41) is 8.74. The van der Waals surface area contributed by atoms with Crippen molar-refractivity contribution >= 4 is 11.8 Å². The van der Waals surface area contributed by atoms with Gasteiger partial charge in [0.15, 0.2) is 5.78 Å².